The summed E-state index contributed by atoms with van der Waals surface area (Å²) in [7, 11) is 1.51. The number of carbonyl (C=O) groups excluding carboxylic acids is 1. The van der Waals surface area contributed by atoms with Crippen molar-refractivity contribution in [2.24, 2.45) is 0 Å². The number of nitrogens with zero attached hydrogens (tertiary/aromatic N) is 2. The summed E-state index contributed by atoms with van der Waals surface area (Å²) in [6, 6.07) is 13.5. The molecule has 0 aliphatic heterocycles. The van der Waals surface area contributed by atoms with Crippen LogP contribution < -0.4 is 15.6 Å². The molecule has 6 nitrogen and oxygen atoms in total. The van der Waals surface area contributed by atoms with E-state index in [-0.39, 0.29) is 17.5 Å². The summed E-state index contributed by atoms with van der Waals surface area (Å²) in [4.78, 5) is 31.5. The average molecular weight is 436 g/mol. The van der Waals surface area contributed by atoms with Crippen LogP contribution in [0.25, 0.3) is 21.0 Å². The first-order valence-corrected chi connectivity index (χ1v) is 11.2. The minimum absolute atomic E-state index is 0.0833. The van der Waals surface area contributed by atoms with Crippen molar-refractivity contribution in [3.63, 3.8) is 0 Å². The summed E-state index contributed by atoms with van der Waals surface area (Å²) in [5.74, 6) is 0.139. The maximum atomic E-state index is 13.6. The fourth-order valence-electron chi connectivity index (χ4n) is 3.84. The molecule has 0 aliphatic carbocycles. The molecule has 0 bridgehead atoms. The molecule has 4 rings (SSSR count). The number of benzene rings is 1. The highest BCUT2D eigenvalue weighted by Gasteiger charge is 2.25. The number of amides is 1. The summed E-state index contributed by atoms with van der Waals surface area (Å²) in [6.45, 7) is 4.42. The third-order valence-corrected chi connectivity index (χ3v) is 6.74. The van der Waals surface area contributed by atoms with E-state index in [1.165, 1.54) is 18.4 Å². The summed E-state index contributed by atoms with van der Waals surface area (Å²) in [5, 5.41) is 4.42. The number of ether oxygens (including phenoxy) is 1. The average Bonchev–Trinajstić information content (AvgIpc) is 3.21. The van der Waals surface area contributed by atoms with E-state index < -0.39 is 0 Å². The first-order chi connectivity index (χ1) is 15.1. The van der Waals surface area contributed by atoms with Crippen LogP contribution in [0.15, 0.2) is 53.5 Å². The van der Waals surface area contributed by atoms with Crippen LogP contribution in [0.4, 0.5) is 0 Å². The van der Waals surface area contributed by atoms with Gasteiger partial charge < -0.3 is 14.6 Å². The van der Waals surface area contributed by atoms with Crippen molar-refractivity contribution in [3.05, 3.63) is 69.6 Å². The van der Waals surface area contributed by atoms with Gasteiger partial charge in [0.25, 0.3) is 11.5 Å². The second-order valence-corrected chi connectivity index (χ2v) is 8.41. The fraction of sp³-hybridized carbons (Fsp3) is 0.292. The molecular formula is C24H25N3O3S. The van der Waals surface area contributed by atoms with Gasteiger partial charge in [0.2, 0.25) is 0 Å². The van der Waals surface area contributed by atoms with Crippen LogP contribution >= 0.6 is 11.3 Å². The predicted octanol–water partition coefficient (Wildman–Crippen LogP) is 4.59. The second kappa shape index (κ2) is 8.89. The number of aromatic nitrogens is 2. The maximum Gasteiger partial charge on any atom is 0.265 e. The van der Waals surface area contributed by atoms with Gasteiger partial charge in [-0.1, -0.05) is 38.1 Å². The molecule has 0 spiro atoms. The zero-order valence-electron chi connectivity index (χ0n) is 17.8. The number of thiophene rings is 1. The molecule has 1 N–H and O–H groups in total. The molecule has 4 aromatic rings. The molecule has 0 unspecified atom stereocenters. The molecule has 3 aromatic heterocycles. The van der Waals surface area contributed by atoms with Crippen LogP contribution in [0.1, 0.15) is 42.1 Å². The topological polar surface area (TPSA) is 73.2 Å². The van der Waals surface area contributed by atoms with Crippen molar-refractivity contribution < 1.29 is 9.53 Å². The molecule has 0 atom stereocenters. The number of fused-ring (bicyclic) bond motifs is 3. The number of nitrogens with one attached hydrogen (secondary N) is 1. The van der Waals surface area contributed by atoms with Crippen molar-refractivity contribution in [1.82, 2.24) is 14.9 Å². The molecule has 0 radical (unpaired) electrons. The number of carbonyl (C=O) groups is 1. The molecule has 1 amide bonds. The number of pyridine rings is 2. The second-order valence-electron chi connectivity index (χ2n) is 7.38. The molecule has 0 saturated carbocycles. The zero-order valence-corrected chi connectivity index (χ0v) is 18.7. The predicted molar refractivity (Wildman–Crippen MR) is 125 cm³/mol. The molecular weight excluding hydrogens is 410 g/mol. The van der Waals surface area contributed by atoms with Crippen LogP contribution in [-0.4, -0.2) is 28.6 Å². The highest BCUT2D eigenvalue weighted by Crippen LogP contribution is 2.39. The van der Waals surface area contributed by atoms with Crippen molar-refractivity contribution >= 4 is 38.2 Å². The Hall–Kier alpha value is -3.19. The maximum absolute atomic E-state index is 13.6. The standard InChI is InChI=1S/C24H25N3O3S/c1-4-15(5-2)26-23(28)22-20(30-3)19-21(31-22)17-11-6-7-12-18(17)27(24(19)29)14-16-10-8-9-13-25-16/h6-13,15H,4-5,14H2,1-3H3,(H,26,28). The minimum Gasteiger partial charge on any atom is -0.494 e. The number of hydrogen-bond acceptors (Lipinski definition) is 5. The van der Waals surface area contributed by atoms with Gasteiger partial charge in [-0.15, -0.1) is 11.3 Å². The zero-order chi connectivity index (χ0) is 22.0. The van der Waals surface area contributed by atoms with Gasteiger partial charge in [-0.2, -0.15) is 0 Å². The van der Waals surface area contributed by atoms with Gasteiger partial charge in [-0.25, -0.2) is 0 Å². The van der Waals surface area contributed by atoms with Gasteiger partial charge in [-0.05, 0) is 31.0 Å². The van der Waals surface area contributed by atoms with Gasteiger partial charge in [0, 0.05) is 17.6 Å². The quantitative estimate of drug-likeness (QED) is 0.461. The van der Waals surface area contributed by atoms with Gasteiger partial charge >= 0.3 is 0 Å². The van der Waals surface area contributed by atoms with Crippen molar-refractivity contribution in [2.75, 3.05) is 7.11 Å². The highest BCUT2D eigenvalue weighted by molar-refractivity contribution is 7.22. The van der Waals surface area contributed by atoms with Crippen molar-refractivity contribution in [1.29, 1.82) is 0 Å². The molecule has 31 heavy (non-hydrogen) atoms. The van der Waals surface area contributed by atoms with E-state index in [4.69, 9.17) is 4.74 Å². The monoisotopic (exact) mass is 435 g/mol. The number of methoxy groups -OCH3 is 1. The number of hydrogen-bond donors (Lipinski definition) is 1. The van der Waals surface area contributed by atoms with Crippen molar-refractivity contribution in [2.45, 2.75) is 39.3 Å². The smallest absolute Gasteiger partial charge is 0.265 e. The van der Waals surface area contributed by atoms with E-state index in [1.54, 1.807) is 10.8 Å². The Labute approximate surface area is 184 Å². The van der Waals surface area contributed by atoms with E-state index in [2.05, 4.69) is 10.3 Å². The van der Waals surface area contributed by atoms with Crippen LogP contribution in [0, 0.1) is 0 Å². The van der Waals surface area contributed by atoms with Crippen molar-refractivity contribution in [3.8, 4) is 5.75 Å². The summed E-state index contributed by atoms with van der Waals surface area (Å²) >= 11 is 1.31. The third kappa shape index (κ3) is 3.81. The Balaban J connectivity index is 1.96. The van der Waals surface area contributed by atoms with Crippen LogP contribution in [0.3, 0.4) is 0 Å². The minimum atomic E-state index is -0.202. The van der Waals surface area contributed by atoms with Gasteiger partial charge in [0.15, 0.2) is 5.75 Å². The fourth-order valence-corrected chi connectivity index (χ4v) is 5.04. The summed E-state index contributed by atoms with van der Waals surface area (Å²) in [5.41, 5.74) is 1.41. The Morgan fingerprint density at radius 2 is 1.90 bits per heavy atom. The summed E-state index contributed by atoms with van der Waals surface area (Å²) in [6.07, 6.45) is 3.40. The van der Waals surface area contributed by atoms with Crippen LogP contribution in [0.5, 0.6) is 5.75 Å². The lowest BCUT2D eigenvalue weighted by molar-refractivity contribution is 0.0936. The largest absolute Gasteiger partial charge is 0.494 e. The van der Waals surface area contributed by atoms with Crippen LogP contribution in [0.2, 0.25) is 0 Å². The van der Waals surface area contributed by atoms with E-state index in [9.17, 15) is 9.59 Å². The first kappa shape index (κ1) is 21.1. The lowest BCUT2D eigenvalue weighted by Gasteiger charge is -2.14. The Morgan fingerprint density at radius 3 is 2.58 bits per heavy atom. The lowest BCUT2D eigenvalue weighted by atomic mass is 10.1. The molecule has 1 aromatic carbocycles. The summed E-state index contributed by atoms with van der Waals surface area (Å²) < 4.78 is 8.10. The van der Waals surface area contributed by atoms with Gasteiger partial charge in [0.1, 0.15) is 10.3 Å². The van der Waals surface area contributed by atoms with E-state index in [0.717, 1.165) is 34.1 Å². The number of rotatable bonds is 7. The molecule has 3 heterocycles. The van der Waals surface area contributed by atoms with E-state index >= 15 is 0 Å². The van der Waals surface area contributed by atoms with E-state index in [1.807, 2.05) is 56.3 Å². The highest BCUT2D eigenvalue weighted by atomic mass is 32.1. The molecule has 160 valence electrons. The Kier molecular flexibility index (Phi) is 6.04. The van der Waals surface area contributed by atoms with Crippen LogP contribution in [-0.2, 0) is 6.54 Å². The molecule has 0 saturated heterocycles. The molecule has 0 aliphatic rings. The SMILES string of the molecule is CCC(CC)NC(=O)c1sc2c(c1OC)c(=O)n(Cc1ccccn1)c1ccccc21. The third-order valence-electron chi connectivity index (χ3n) is 5.54. The van der Waals surface area contributed by atoms with Gasteiger partial charge in [0.05, 0.1) is 29.6 Å². The van der Waals surface area contributed by atoms with E-state index in [0.29, 0.717) is 22.6 Å². The lowest BCUT2D eigenvalue weighted by Crippen LogP contribution is -2.33. The number of para-hydroxylation sites is 1. The normalized spacial score (nSPS) is 11.4. The molecule has 0 fully saturated rings. The van der Waals surface area contributed by atoms with Gasteiger partial charge in [-0.3, -0.25) is 14.6 Å². The Bertz CT molecular complexity index is 1290. The molecule has 7 heteroatoms. The Morgan fingerprint density at radius 1 is 1.16 bits per heavy atom. The first-order valence-electron chi connectivity index (χ1n) is 10.4.